The molecule has 0 spiro atoms. The number of nitrogens with one attached hydrogen (secondary N) is 1. The minimum absolute atomic E-state index is 0.105. The molecular weight excluding hydrogens is 238 g/mol. The number of rotatable bonds is 3. The van der Waals surface area contributed by atoms with Gasteiger partial charge in [-0.15, -0.1) is 0 Å². The highest BCUT2D eigenvalue weighted by Gasteiger charge is 2.13. The van der Waals surface area contributed by atoms with Crippen LogP contribution in [0.15, 0.2) is 11.2 Å². The van der Waals surface area contributed by atoms with Crippen LogP contribution in [0.1, 0.15) is 13.8 Å². The Bertz CT molecular complexity index is 459. The molecular formula is C8H12ClN3O2S. The zero-order valence-electron chi connectivity index (χ0n) is 8.65. The Morgan fingerprint density at radius 3 is 2.47 bits per heavy atom. The number of anilines is 1. The third-order valence-corrected chi connectivity index (χ3v) is 2.48. The van der Waals surface area contributed by atoms with Crippen LogP contribution in [0, 0.1) is 0 Å². The molecule has 1 rings (SSSR count). The summed E-state index contributed by atoms with van der Waals surface area (Å²) in [6.07, 6.45) is 1.04. The smallest absolute Gasteiger partial charge is 0.250 e. The maximum absolute atomic E-state index is 11.2. The highest BCUT2D eigenvalue weighted by atomic mass is 35.5. The van der Waals surface area contributed by atoms with Crippen LogP contribution in [0.2, 0.25) is 5.15 Å². The summed E-state index contributed by atoms with van der Waals surface area (Å²) in [5.74, 6) is 0.408. The van der Waals surface area contributed by atoms with Crippen LogP contribution in [-0.4, -0.2) is 30.7 Å². The second-order valence-corrected chi connectivity index (χ2v) is 5.73. The highest BCUT2D eigenvalue weighted by molar-refractivity contribution is 7.90. The number of halogens is 1. The van der Waals surface area contributed by atoms with Crippen LogP contribution in [-0.2, 0) is 9.84 Å². The third-order valence-electron chi connectivity index (χ3n) is 1.44. The summed E-state index contributed by atoms with van der Waals surface area (Å²) in [6, 6.07) is 1.62. The van der Waals surface area contributed by atoms with Crippen molar-refractivity contribution in [2.45, 2.75) is 25.0 Å². The molecule has 1 aromatic heterocycles. The summed E-state index contributed by atoms with van der Waals surface area (Å²) in [4.78, 5) is 7.49. The van der Waals surface area contributed by atoms with Crippen molar-refractivity contribution >= 4 is 27.3 Å². The molecule has 7 heteroatoms. The summed E-state index contributed by atoms with van der Waals surface area (Å²) in [5, 5.41) is 2.80. The third kappa shape index (κ3) is 3.64. The molecule has 0 unspecified atom stereocenters. The van der Waals surface area contributed by atoms with Crippen LogP contribution >= 0.6 is 11.6 Å². The summed E-state index contributed by atoms with van der Waals surface area (Å²) >= 11 is 5.68. The average molecular weight is 250 g/mol. The molecule has 1 heterocycles. The van der Waals surface area contributed by atoms with Crippen molar-refractivity contribution in [1.29, 1.82) is 0 Å². The number of hydrogen-bond acceptors (Lipinski definition) is 5. The van der Waals surface area contributed by atoms with Gasteiger partial charge in [-0.1, -0.05) is 11.6 Å². The van der Waals surface area contributed by atoms with Gasteiger partial charge >= 0.3 is 0 Å². The largest absolute Gasteiger partial charge is 0.368 e. The van der Waals surface area contributed by atoms with E-state index in [0.29, 0.717) is 5.82 Å². The molecule has 15 heavy (non-hydrogen) atoms. The van der Waals surface area contributed by atoms with E-state index >= 15 is 0 Å². The van der Waals surface area contributed by atoms with Crippen molar-refractivity contribution in [3.05, 3.63) is 11.2 Å². The monoisotopic (exact) mass is 249 g/mol. The second kappa shape index (κ2) is 4.32. The van der Waals surface area contributed by atoms with Crippen molar-refractivity contribution in [2.75, 3.05) is 11.6 Å². The fourth-order valence-corrected chi connectivity index (χ4v) is 1.69. The molecule has 5 nitrogen and oxygen atoms in total. The Morgan fingerprint density at radius 2 is 2.00 bits per heavy atom. The minimum Gasteiger partial charge on any atom is -0.368 e. The van der Waals surface area contributed by atoms with E-state index in [9.17, 15) is 8.42 Å². The fourth-order valence-electron chi connectivity index (χ4n) is 0.932. The van der Waals surface area contributed by atoms with Crippen molar-refractivity contribution in [1.82, 2.24) is 9.97 Å². The first-order chi connectivity index (χ1) is 6.79. The van der Waals surface area contributed by atoms with Crippen LogP contribution < -0.4 is 5.32 Å². The first-order valence-corrected chi connectivity index (χ1v) is 6.57. The summed E-state index contributed by atoms with van der Waals surface area (Å²) in [7, 11) is -3.43. The highest BCUT2D eigenvalue weighted by Crippen LogP contribution is 2.14. The van der Waals surface area contributed by atoms with Gasteiger partial charge in [-0.25, -0.2) is 18.4 Å². The molecule has 0 saturated heterocycles. The van der Waals surface area contributed by atoms with E-state index in [1.54, 1.807) is 0 Å². The normalized spacial score (nSPS) is 11.8. The van der Waals surface area contributed by atoms with Gasteiger partial charge in [0.15, 0.2) is 0 Å². The minimum atomic E-state index is -3.43. The number of nitrogens with zero attached hydrogens (tertiary/aromatic N) is 2. The van der Waals surface area contributed by atoms with E-state index in [0.717, 1.165) is 6.26 Å². The molecule has 0 amide bonds. The first kappa shape index (κ1) is 12.2. The van der Waals surface area contributed by atoms with E-state index in [2.05, 4.69) is 15.3 Å². The Hall–Kier alpha value is -0.880. The van der Waals surface area contributed by atoms with E-state index in [1.165, 1.54) is 6.07 Å². The Labute approximate surface area is 93.8 Å². The lowest BCUT2D eigenvalue weighted by molar-refractivity contribution is 0.593. The molecule has 0 aliphatic heterocycles. The lowest BCUT2D eigenvalue weighted by Gasteiger charge is -2.09. The molecule has 0 atom stereocenters. The van der Waals surface area contributed by atoms with Crippen molar-refractivity contribution in [3.8, 4) is 0 Å². The number of sulfone groups is 1. The van der Waals surface area contributed by atoms with Crippen LogP contribution in [0.4, 0.5) is 5.82 Å². The average Bonchev–Trinajstić information content (AvgIpc) is 1.99. The standard InChI is InChI=1S/C8H12ClN3O2S/c1-5(2)10-7-4-6(9)11-8(12-7)15(3,13)14/h4-5H,1-3H3,(H,10,11,12). The van der Waals surface area contributed by atoms with Gasteiger partial charge in [-0.2, -0.15) is 0 Å². The zero-order valence-corrected chi connectivity index (χ0v) is 10.2. The summed E-state index contributed by atoms with van der Waals surface area (Å²) in [6.45, 7) is 3.83. The van der Waals surface area contributed by atoms with Gasteiger partial charge in [0.25, 0.3) is 0 Å². The summed E-state index contributed by atoms with van der Waals surface area (Å²) < 4.78 is 22.4. The van der Waals surface area contributed by atoms with E-state index in [-0.39, 0.29) is 16.4 Å². The molecule has 0 aliphatic carbocycles. The Morgan fingerprint density at radius 1 is 1.40 bits per heavy atom. The van der Waals surface area contributed by atoms with E-state index < -0.39 is 9.84 Å². The molecule has 0 aromatic carbocycles. The van der Waals surface area contributed by atoms with E-state index in [4.69, 9.17) is 11.6 Å². The molecule has 1 N–H and O–H groups in total. The van der Waals surface area contributed by atoms with Crippen molar-refractivity contribution in [3.63, 3.8) is 0 Å². The lowest BCUT2D eigenvalue weighted by Crippen LogP contribution is -2.13. The Balaban J connectivity index is 3.17. The molecule has 1 aromatic rings. The predicted octanol–water partition coefficient (Wildman–Crippen LogP) is 1.35. The SMILES string of the molecule is CC(C)Nc1cc(Cl)nc(S(C)(=O)=O)n1. The van der Waals surface area contributed by atoms with Gasteiger partial charge in [-0.3, -0.25) is 0 Å². The zero-order chi connectivity index (χ0) is 11.6. The molecule has 0 saturated carbocycles. The summed E-state index contributed by atoms with van der Waals surface area (Å²) in [5.41, 5.74) is 0. The van der Waals surface area contributed by atoms with Gasteiger partial charge in [0, 0.05) is 18.4 Å². The molecule has 0 fully saturated rings. The molecule has 84 valence electrons. The van der Waals surface area contributed by atoms with Crippen LogP contribution in [0.3, 0.4) is 0 Å². The van der Waals surface area contributed by atoms with Crippen LogP contribution in [0.25, 0.3) is 0 Å². The van der Waals surface area contributed by atoms with Crippen molar-refractivity contribution in [2.24, 2.45) is 0 Å². The van der Waals surface area contributed by atoms with Gasteiger partial charge in [0.05, 0.1) is 0 Å². The first-order valence-electron chi connectivity index (χ1n) is 4.30. The quantitative estimate of drug-likeness (QED) is 0.647. The predicted molar refractivity (Wildman–Crippen MR) is 58.9 cm³/mol. The molecule has 0 radical (unpaired) electrons. The topological polar surface area (TPSA) is 72.0 Å². The molecule has 0 bridgehead atoms. The number of aromatic nitrogens is 2. The maximum atomic E-state index is 11.2. The van der Waals surface area contributed by atoms with Gasteiger partial charge in [0.1, 0.15) is 11.0 Å². The fraction of sp³-hybridized carbons (Fsp3) is 0.500. The van der Waals surface area contributed by atoms with Gasteiger partial charge < -0.3 is 5.32 Å². The molecule has 0 aliphatic rings. The second-order valence-electron chi connectivity index (χ2n) is 3.43. The van der Waals surface area contributed by atoms with Gasteiger partial charge in [-0.05, 0) is 13.8 Å². The lowest BCUT2D eigenvalue weighted by atomic mass is 10.4. The van der Waals surface area contributed by atoms with Gasteiger partial charge in [0.2, 0.25) is 15.0 Å². The van der Waals surface area contributed by atoms with Crippen LogP contribution in [0.5, 0.6) is 0 Å². The Kier molecular flexibility index (Phi) is 3.51. The van der Waals surface area contributed by atoms with E-state index in [1.807, 2.05) is 13.8 Å². The number of hydrogen-bond donors (Lipinski definition) is 1. The maximum Gasteiger partial charge on any atom is 0.250 e. The van der Waals surface area contributed by atoms with Crippen molar-refractivity contribution < 1.29 is 8.42 Å².